The number of ether oxygens (including phenoxy) is 1. The number of alkyl halides is 2. The Morgan fingerprint density at radius 1 is 1.62 bits per heavy atom. The van der Waals surface area contributed by atoms with Crippen LogP contribution in [0.5, 0.6) is 5.75 Å². The summed E-state index contributed by atoms with van der Waals surface area (Å²) < 4.78 is 29.5. The Labute approximate surface area is 79.5 Å². The zero-order valence-corrected chi connectivity index (χ0v) is 7.68. The number of rotatable bonds is 3. The normalized spacial score (nSPS) is 11.4. The van der Waals surface area contributed by atoms with Gasteiger partial charge < -0.3 is 4.74 Å². The first-order chi connectivity index (χ1) is 5.99. The van der Waals surface area contributed by atoms with Crippen LogP contribution in [0.15, 0.2) is 18.3 Å². The summed E-state index contributed by atoms with van der Waals surface area (Å²) in [5, 5.41) is 0.0896. The van der Waals surface area contributed by atoms with Gasteiger partial charge >= 0.3 is 0 Å². The molecule has 1 heterocycles. The van der Waals surface area contributed by atoms with Crippen molar-refractivity contribution < 1.29 is 13.5 Å². The molecule has 0 bridgehead atoms. The summed E-state index contributed by atoms with van der Waals surface area (Å²) in [7, 11) is 0. The van der Waals surface area contributed by atoms with Crippen LogP contribution in [-0.4, -0.2) is 17.5 Å². The molecule has 1 aromatic rings. The SMILES string of the molecule is CC(F)(F)COc1cccnc1Cl. The monoisotopic (exact) mass is 207 g/mol. The van der Waals surface area contributed by atoms with Crippen molar-refractivity contribution in [1.29, 1.82) is 0 Å². The van der Waals surface area contributed by atoms with Crippen molar-refractivity contribution in [2.45, 2.75) is 12.8 Å². The molecule has 0 spiro atoms. The van der Waals surface area contributed by atoms with E-state index in [9.17, 15) is 8.78 Å². The van der Waals surface area contributed by atoms with Crippen LogP contribution in [0.3, 0.4) is 0 Å². The molecule has 0 amide bonds. The molecule has 0 aliphatic carbocycles. The molecule has 0 atom stereocenters. The lowest BCUT2D eigenvalue weighted by Gasteiger charge is -2.11. The Hall–Kier alpha value is -0.900. The average Bonchev–Trinajstić information content (AvgIpc) is 2.01. The van der Waals surface area contributed by atoms with E-state index in [1.165, 1.54) is 12.3 Å². The van der Waals surface area contributed by atoms with Gasteiger partial charge in [0.2, 0.25) is 0 Å². The number of aromatic nitrogens is 1. The standard InChI is InChI=1S/C8H8ClF2NO/c1-8(10,11)5-13-6-3-2-4-12-7(6)9/h2-4H,5H2,1H3. The van der Waals surface area contributed by atoms with Gasteiger partial charge in [-0.05, 0) is 12.1 Å². The van der Waals surface area contributed by atoms with Crippen molar-refractivity contribution in [2.75, 3.05) is 6.61 Å². The van der Waals surface area contributed by atoms with Gasteiger partial charge in [0.25, 0.3) is 5.92 Å². The van der Waals surface area contributed by atoms with Crippen LogP contribution < -0.4 is 4.74 Å². The minimum atomic E-state index is -2.86. The van der Waals surface area contributed by atoms with E-state index in [0.29, 0.717) is 0 Å². The molecule has 1 aromatic heterocycles. The Balaban J connectivity index is 2.60. The number of hydrogen-bond donors (Lipinski definition) is 0. The minimum absolute atomic E-state index is 0.0896. The van der Waals surface area contributed by atoms with Crippen molar-refractivity contribution in [3.8, 4) is 5.75 Å². The smallest absolute Gasteiger partial charge is 0.278 e. The quantitative estimate of drug-likeness (QED) is 0.711. The molecule has 0 radical (unpaired) electrons. The highest BCUT2D eigenvalue weighted by molar-refractivity contribution is 6.30. The van der Waals surface area contributed by atoms with Gasteiger partial charge in [0.05, 0.1) is 0 Å². The summed E-state index contributed by atoms with van der Waals surface area (Å²) >= 11 is 5.57. The van der Waals surface area contributed by atoms with Gasteiger partial charge in [-0.1, -0.05) is 11.6 Å². The molecule has 0 aliphatic heterocycles. The molecule has 0 N–H and O–H groups in total. The molecule has 13 heavy (non-hydrogen) atoms. The third-order valence-electron chi connectivity index (χ3n) is 1.21. The van der Waals surface area contributed by atoms with E-state index < -0.39 is 12.5 Å². The zero-order chi connectivity index (χ0) is 9.90. The van der Waals surface area contributed by atoms with E-state index in [4.69, 9.17) is 16.3 Å². The first-order valence-electron chi connectivity index (χ1n) is 3.60. The Bertz CT molecular complexity index is 288. The predicted octanol–water partition coefficient (Wildman–Crippen LogP) is 2.77. The van der Waals surface area contributed by atoms with Crippen molar-refractivity contribution in [3.63, 3.8) is 0 Å². The molecule has 0 unspecified atom stereocenters. The topological polar surface area (TPSA) is 22.1 Å². The first-order valence-corrected chi connectivity index (χ1v) is 3.98. The van der Waals surface area contributed by atoms with E-state index >= 15 is 0 Å². The molecule has 0 saturated carbocycles. The summed E-state index contributed by atoms with van der Waals surface area (Å²) in [5.74, 6) is -2.69. The fourth-order valence-electron chi connectivity index (χ4n) is 0.683. The number of hydrogen-bond acceptors (Lipinski definition) is 2. The second kappa shape index (κ2) is 3.87. The highest BCUT2D eigenvalue weighted by atomic mass is 35.5. The average molecular weight is 208 g/mol. The summed E-state index contributed by atoms with van der Waals surface area (Å²) in [4.78, 5) is 3.68. The van der Waals surface area contributed by atoms with Crippen molar-refractivity contribution in [3.05, 3.63) is 23.5 Å². The Kier molecular flexibility index (Phi) is 3.03. The number of halogens is 3. The van der Waals surface area contributed by atoms with E-state index in [0.717, 1.165) is 6.92 Å². The summed E-state index contributed by atoms with van der Waals surface area (Å²) in [6.07, 6.45) is 1.46. The van der Waals surface area contributed by atoms with E-state index in [-0.39, 0.29) is 10.9 Å². The van der Waals surface area contributed by atoms with Gasteiger partial charge in [-0.2, -0.15) is 0 Å². The molecule has 1 rings (SSSR count). The fraction of sp³-hybridized carbons (Fsp3) is 0.375. The molecule has 2 nitrogen and oxygen atoms in total. The van der Waals surface area contributed by atoms with Crippen LogP contribution in [0.25, 0.3) is 0 Å². The van der Waals surface area contributed by atoms with E-state index in [1.54, 1.807) is 6.07 Å². The summed E-state index contributed by atoms with van der Waals surface area (Å²) in [6, 6.07) is 3.05. The van der Waals surface area contributed by atoms with Gasteiger partial charge in [-0.3, -0.25) is 0 Å². The van der Waals surface area contributed by atoms with E-state index in [1.807, 2.05) is 0 Å². The first kappa shape index (κ1) is 10.2. The lowest BCUT2D eigenvalue weighted by atomic mass is 10.4. The molecule has 72 valence electrons. The van der Waals surface area contributed by atoms with Crippen LogP contribution in [-0.2, 0) is 0 Å². The third kappa shape index (κ3) is 3.55. The zero-order valence-electron chi connectivity index (χ0n) is 6.93. The largest absolute Gasteiger partial charge is 0.484 e. The maximum atomic E-state index is 12.4. The van der Waals surface area contributed by atoms with E-state index in [2.05, 4.69) is 4.98 Å². The molecule has 0 aliphatic rings. The van der Waals surface area contributed by atoms with Gasteiger partial charge in [0.15, 0.2) is 17.5 Å². The van der Waals surface area contributed by atoms with Gasteiger partial charge in [0.1, 0.15) is 0 Å². The van der Waals surface area contributed by atoms with Gasteiger partial charge in [0, 0.05) is 13.1 Å². The second-order valence-corrected chi connectivity index (χ2v) is 3.01. The molecular weight excluding hydrogens is 200 g/mol. The molecule has 0 aromatic carbocycles. The second-order valence-electron chi connectivity index (χ2n) is 2.65. The van der Waals surface area contributed by atoms with Crippen LogP contribution >= 0.6 is 11.6 Å². The van der Waals surface area contributed by atoms with Gasteiger partial charge in [-0.25, -0.2) is 13.8 Å². The number of nitrogens with zero attached hydrogens (tertiary/aromatic N) is 1. The molecular formula is C8H8ClF2NO. The summed E-state index contributed by atoms with van der Waals surface area (Å²) in [6.45, 7) is 0.0791. The molecule has 0 saturated heterocycles. The highest BCUT2D eigenvalue weighted by Crippen LogP contribution is 2.22. The number of pyridine rings is 1. The highest BCUT2D eigenvalue weighted by Gasteiger charge is 2.22. The lowest BCUT2D eigenvalue weighted by Crippen LogP contribution is -2.21. The fourth-order valence-corrected chi connectivity index (χ4v) is 0.857. The van der Waals surface area contributed by atoms with Crippen LogP contribution in [0.2, 0.25) is 5.15 Å². The van der Waals surface area contributed by atoms with Crippen molar-refractivity contribution in [2.24, 2.45) is 0 Å². The Morgan fingerprint density at radius 2 is 2.31 bits per heavy atom. The maximum absolute atomic E-state index is 12.4. The van der Waals surface area contributed by atoms with Crippen molar-refractivity contribution in [1.82, 2.24) is 4.98 Å². The lowest BCUT2D eigenvalue weighted by molar-refractivity contribution is -0.0230. The third-order valence-corrected chi connectivity index (χ3v) is 1.49. The van der Waals surface area contributed by atoms with Crippen LogP contribution in [0, 0.1) is 0 Å². The Morgan fingerprint density at radius 3 is 2.85 bits per heavy atom. The summed E-state index contributed by atoms with van der Waals surface area (Å²) in [5.41, 5.74) is 0. The van der Waals surface area contributed by atoms with Gasteiger partial charge in [-0.15, -0.1) is 0 Å². The van der Waals surface area contributed by atoms with Crippen LogP contribution in [0.1, 0.15) is 6.92 Å². The predicted molar refractivity (Wildman–Crippen MR) is 45.4 cm³/mol. The van der Waals surface area contributed by atoms with Crippen molar-refractivity contribution >= 4 is 11.6 Å². The maximum Gasteiger partial charge on any atom is 0.278 e. The molecule has 5 heteroatoms. The minimum Gasteiger partial charge on any atom is -0.484 e. The van der Waals surface area contributed by atoms with Crippen LogP contribution in [0.4, 0.5) is 8.78 Å². The molecule has 0 fully saturated rings.